The topological polar surface area (TPSA) is 38.9 Å². The van der Waals surface area contributed by atoms with Crippen LogP contribution in [0.4, 0.5) is 0 Å². The maximum Gasteiger partial charge on any atom is 0.0931 e. The summed E-state index contributed by atoms with van der Waals surface area (Å²) in [5.74, 6) is 0.553. The van der Waals surface area contributed by atoms with Gasteiger partial charge in [0.2, 0.25) is 0 Å². The Morgan fingerprint density at radius 3 is 3.15 bits per heavy atom. The number of hydrogen-bond donors (Lipinski definition) is 1. The van der Waals surface area contributed by atoms with Crippen molar-refractivity contribution < 1.29 is 0 Å². The van der Waals surface area contributed by atoms with Crippen molar-refractivity contribution in [2.45, 2.75) is 38.5 Å². The zero-order valence-corrected chi connectivity index (χ0v) is 8.86. The molecule has 0 saturated carbocycles. The van der Waals surface area contributed by atoms with Gasteiger partial charge in [-0.1, -0.05) is 6.92 Å². The zero-order valence-electron chi connectivity index (χ0n) is 8.05. The molecule has 3 heteroatoms. The molecular weight excluding hydrogens is 180 g/mol. The highest BCUT2D eigenvalue weighted by Gasteiger charge is 2.25. The fourth-order valence-electron chi connectivity index (χ4n) is 1.90. The quantitative estimate of drug-likeness (QED) is 0.804. The van der Waals surface area contributed by atoms with Crippen LogP contribution in [0.5, 0.6) is 0 Å². The Balaban J connectivity index is 2.20. The first kappa shape index (κ1) is 9.16. The van der Waals surface area contributed by atoms with Gasteiger partial charge in [-0.3, -0.25) is 0 Å². The van der Waals surface area contributed by atoms with Gasteiger partial charge in [0.05, 0.1) is 10.7 Å². The SMILES string of the molecule is CCCc1nc2c(s1)CCC2CN. The molecule has 0 aromatic carbocycles. The Morgan fingerprint density at radius 1 is 1.62 bits per heavy atom. The first-order valence-corrected chi connectivity index (χ1v) is 5.85. The Bertz CT molecular complexity index is 293. The van der Waals surface area contributed by atoms with Gasteiger partial charge in [-0.2, -0.15) is 0 Å². The van der Waals surface area contributed by atoms with Gasteiger partial charge in [0.1, 0.15) is 0 Å². The Hall–Kier alpha value is -0.410. The van der Waals surface area contributed by atoms with Crippen LogP contribution in [0, 0.1) is 0 Å². The molecule has 1 heterocycles. The minimum atomic E-state index is 0.553. The van der Waals surface area contributed by atoms with E-state index in [4.69, 9.17) is 5.73 Å². The van der Waals surface area contributed by atoms with Crippen molar-refractivity contribution in [3.8, 4) is 0 Å². The predicted octanol–water partition coefficient (Wildman–Crippen LogP) is 2.08. The number of rotatable bonds is 3. The highest BCUT2D eigenvalue weighted by molar-refractivity contribution is 7.11. The summed E-state index contributed by atoms with van der Waals surface area (Å²) in [6.45, 7) is 2.97. The molecule has 13 heavy (non-hydrogen) atoms. The monoisotopic (exact) mass is 196 g/mol. The fourth-order valence-corrected chi connectivity index (χ4v) is 3.18. The molecule has 0 radical (unpaired) electrons. The normalized spacial score (nSPS) is 20.6. The zero-order chi connectivity index (χ0) is 9.26. The van der Waals surface area contributed by atoms with Crippen LogP contribution < -0.4 is 5.73 Å². The summed E-state index contributed by atoms with van der Waals surface area (Å²) in [5, 5.41) is 1.31. The summed E-state index contributed by atoms with van der Waals surface area (Å²) < 4.78 is 0. The fraction of sp³-hybridized carbons (Fsp3) is 0.700. The highest BCUT2D eigenvalue weighted by Crippen LogP contribution is 2.35. The molecule has 0 spiro atoms. The van der Waals surface area contributed by atoms with Gasteiger partial charge in [-0.15, -0.1) is 11.3 Å². The average molecular weight is 196 g/mol. The summed E-state index contributed by atoms with van der Waals surface area (Å²) in [5.41, 5.74) is 7.01. The van der Waals surface area contributed by atoms with Crippen molar-refractivity contribution >= 4 is 11.3 Å². The van der Waals surface area contributed by atoms with E-state index >= 15 is 0 Å². The Kier molecular flexibility index (Phi) is 2.65. The van der Waals surface area contributed by atoms with Crippen LogP contribution in [0.2, 0.25) is 0 Å². The molecule has 0 fully saturated rings. The number of hydrogen-bond acceptors (Lipinski definition) is 3. The van der Waals surface area contributed by atoms with E-state index in [2.05, 4.69) is 11.9 Å². The molecular formula is C10H16N2S. The third kappa shape index (κ3) is 1.63. The predicted molar refractivity (Wildman–Crippen MR) is 56.2 cm³/mol. The van der Waals surface area contributed by atoms with Crippen molar-refractivity contribution in [2.24, 2.45) is 5.73 Å². The second-order valence-corrected chi connectivity index (χ2v) is 4.81. The first-order chi connectivity index (χ1) is 6.35. The van der Waals surface area contributed by atoms with Crippen LogP contribution in [0.25, 0.3) is 0 Å². The van der Waals surface area contributed by atoms with Crippen LogP contribution in [-0.2, 0) is 12.8 Å². The third-order valence-corrected chi connectivity index (χ3v) is 3.82. The van der Waals surface area contributed by atoms with E-state index in [0.717, 1.165) is 13.0 Å². The standard InChI is InChI=1S/C10H16N2S/c1-2-3-9-12-10-7(6-11)4-5-8(10)13-9/h7H,2-6,11H2,1H3. The smallest absolute Gasteiger partial charge is 0.0931 e. The number of fused-ring (bicyclic) bond motifs is 1. The summed E-state index contributed by atoms with van der Waals surface area (Å²) in [6.07, 6.45) is 4.75. The average Bonchev–Trinajstić information content (AvgIpc) is 2.63. The molecule has 0 amide bonds. The van der Waals surface area contributed by atoms with E-state index in [1.165, 1.54) is 34.8 Å². The van der Waals surface area contributed by atoms with E-state index in [1.807, 2.05) is 11.3 Å². The lowest BCUT2D eigenvalue weighted by atomic mass is 10.1. The minimum absolute atomic E-state index is 0.553. The molecule has 1 unspecified atom stereocenters. The minimum Gasteiger partial charge on any atom is -0.330 e. The van der Waals surface area contributed by atoms with E-state index < -0.39 is 0 Å². The van der Waals surface area contributed by atoms with Gasteiger partial charge in [0.25, 0.3) is 0 Å². The molecule has 0 bridgehead atoms. The lowest BCUT2D eigenvalue weighted by molar-refractivity contribution is 0.671. The Labute approximate surface area is 83.2 Å². The van der Waals surface area contributed by atoms with E-state index in [9.17, 15) is 0 Å². The number of thiazole rings is 1. The van der Waals surface area contributed by atoms with Gasteiger partial charge in [-0.25, -0.2) is 4.98 Å². The third-order valence-electron chi connectivity index (χ3n) is 2.63. The molecule has 0 aliphatic heterocycles. The first-order valence-electron chi connectivity index (χ1n) is 5.03. The summed E-state index contributed by atoms with van der Waals surface area (Å²) >= 11 is 1.90. The van der Waals surface area contributed by atoms with Crippen LogP contribution in [-0.4, -0.2) is 11.5 Å². The maximum absolute atomic E-state index is 5.70. The van der Waals surface area contributed by atoms with Gasteiger partial charge >= 0.3 is 0 Å². The van der Waals surface area contributed by atoms with Gasteiger partial charge < -0.3 is 5.73 Å². The molecule has 2 nitrogen and oxygen atoms in total. The summed E-state index contributed by atoms with van der Waals surface area (Å²) in [7, 11) is 0. The number of nitrogens with two attached hydrogens (primary N) is 1. The second kappa shape index (κ2) is 3.76. The molecule has 2 N–H and O–H groups in total. The van der Waals surface area contributed by atoms with Crippen LogP contribution in [0.3, 0.4) is 0 Å². The molecule has 1 aromatic heterocycles. The van der Waals surface area contributed by atoms with Crippen molar-refractivity contribution in [1.82, 2.24) is 4.98 Å². The van der Waals surface area contributed by atoms with E-state index in [1.54, 1.807) is 0 Å². The van der Waals surface area contributed by atoms with Crippen molar-refractivity contribution in [1.29, 1.82) is 0 Å². The molecule has 72 valence electrons. The molecule has 1 aromatic rings. The lowest BCUT2D eigenvalue weighted by Gasteiger charge is -2.03. The van der Waals surface area contributed by atoms with Gasteiger partial charge in [-0.05, 0) is 25.7 Å². The lowest BCUT2D eigenvalue weighted by Crippen LogP contribution is -2.10. The maximum atomic E-state index is 5.70. The summed E-state index contributed by atoms with van der Waals surface area (Å²) in [6, 6.07) is 0. The van der Waals surface area contributed by atoms with Crippen LogP contribution in [0.15, 0.2) is 0 Å². The Morgan fingerprint density at radius 2 is 2.46 bits per heavy atom. The van der Waals surface area contributed by atoms with Crippen LogP contribution >= 0.6 is 11.3 Å². The largest absolute Gasteiger partial charge is 0.330 e. The number of aromatic nitrogens is 1. The van der Waals surface area contributed by atoms with Crippen molar-refractivity contribution in [2.75, 3.05) is 6.54 Å². The van der Waals surface area contributed by atoms with Crippen LogP contribution in [0.1, 0.15) is 41.3 Å². The van der Waals surface area contributed by atoms with E-state index in [0.29, 0.717) is 5.92 Å². The molecule has 1 atom stereocenters. The van der Waals surface area contributed by atoms with Crippen molar-refractivity contribution in [3.05, 3.63) is 15.6 Å². The van der Waals surface area contributed by atoms with Crippen molar-refractivity contribution in [3.63, 3.8) is 0 Å². The second-order valence-electron chi connectivity index (χ2n) is 3.64. The molecule has 2 rings (SSSR count). The highest BCUT2D eigenvalue weighted by atomic mass is 32.1. The van der Waals surface area contributed by atoms with E-state index in [-0.39, 0.29) is 0 Å². The van der Waals surface area contributed by atoms with Gasteiger partial charge in [0, 0.05) is 17.3 Å². The molecule has 1 aliphatic carbocycles. The number of nitrogens with zero attached hydrogens (tertiary/aromatic N) is 1. The number of aryl methyl sites for hydroxylation is 2. The molecule has 1 aliphatic rings. The summed E-state index contributed by atoms with van der Waals surface area (Å²) in [4.78, 5) is 6.17. The van der Waals surface area contributed by atoms with Gasteiger partial charge in [0.15, 0.2) is 0 Å². The molecule has 0 saturated heterocycles.